The summed E-state index contributed by atoms with van der Waals surface area (Å²) in [4.78, 5) is 14.1. The van der Waals surface area contributed by atoms with Gasteiger partial charge in [0.05, 0.1) is 31.0 Å². The molecule has 1 amide bonds. The highest BCUT2D eigenvalue weighted by Crippen LogP contribution is 2.19. The highest BCUT2D eigenvalue weighted by atomic mass is 19.1. The number of ether oxygens (including phenoxy) is 1. The monoisotopic (exact) mass is 496 g/mol. The van der Waals surface area contributed by atoms with Crippen molar-refractivity contribution in [2.75, 3.05) is 13.1 Å². The average molecular weight is 497 g/mol. The molecule has 2 aromatic rings. The van der Waals surface area contributed by atoms with Crippen LogP contribution in [0.4, 0.5) is 9.18 Å². The molecule has 2 atom stereocenters. The van der Waals surface area contributed by atoms with Gasteiger partial charge in [0.2, 0.25) is 0 Å². The quantitative estimate of drug-likeness (QED) is 0.144. The molecule has 1 saturated heterocycles. The number of hydrogen-bond acceptors (Lipinski definition) is 8. The van der Waals surface area contributed by atoms with Crippen molar-refractivity contribution in [3.05, 3.63) is 89.8 Å². The predicted molar refractivity (Wildman–Crippen MR) is 136 cm³/mol. The van der Waals surface area contributed by atoms with Gasteiger partial charge in [0.1, 0.15) is 11.9 Å². The Bertz CT molecular complexity index is 1080. The number of aromatic nitrogens is 3. The maximum absolute atomic E-state index is 14.7. The molecule has 6 N–H and O–H groups in total. The third kappa shape index (κ3) is 8.07. The van der Waals surface area contributed by atoms with Gasteiger partial charge >= 0.3 is 6.09 Å². The van der Waals surface area contributed by atoms with Crippen LogP contribution >= 0.6 is 0 Å². The number of hydrazine groups is 1. The van der Waals surface area contributed by atoms with Crippen LogP contribution in [0.1, 0.15) is 24.5 Å². The lowest BCUT2D eigenvalue weighted by Crippen LogP contribution is -2.34. The Balaban J connectivity index is 1.60. The van der Waals surface area contributed by atoms with Crippen LogP contribution in [-0.2, 0) is 17.8 Å². The lowest BCUT2D eigenvalue weighted by molar-refractivity contribution is 0.122. The maximum atomic E-state index is 14.7. The molecule has 1 aliphatic heterocycles. The molecule has 10 nitrogen and oxygen atoms in total. The lowest BCUT2D eigenvalue weighted by atomic mass is 10.1. The summed E-state index contributed by atoms with van der Waals surface area (Å²) in [5, 5.41) is 10.9. The van der Waals surface area contributed by atoms with E-state index in [1.165, 1.54) is 18.4 Å². The second-order valence-corrected chi connectivity index (χ2v) is 8.18. The molecule has 11 heteroatoms. The number of rotatable bonds is 13. The summed E-state index contributed by atoms with van der Waals surface area (Å²) in [6.07, 6.45) is 13.0. The molecule has 2 unspecified atom stereocenters. The summed E-state index contributed by atoms with van der Waals surface area (Å²) in [5.41, 5.74) is 10.4. The van der Waals surface area contributed by atoms with Crippen molar-refractivity contribution in [3.8, 4) is 0 Å². The number of halogens is 1. The average Bonchev–Trinajstić information content (AvgIpc) is 3.52. The first kappa shape index (κ1) is 26.6. The number of cyclic esters (lactones) is 1. The Kier molecular flexibility index (Phi) is 10.2. The fraction of sp³-hybridized carbons (Fsp3) is 0.320. The van der Waals surface area contributed by atoms with Crippen molar-refractivity contribution >= 4 is 12.2 Å². The molecule has 0 bridgehead atoms. The normalized spacial score (nSPS) is 17.8. The summed E-state index contributed by atoms with van der Waals surface area (Å²) in [6, 6.07) is 7.08. The van der Waals surface area contributed by atoms with E-state index >= 15 is 0 Å². The highest BCUT2D eigenvalue weighted by molar-refractivity contribution is 5.71. The largest absolute Gasteiger partial charge is 0.442 e. The van der Waals surface area contributed by atoms with Crippen molar-refractivity contribution in [2.24, 2.45) is 11.6 Å². The number of nitrogens with zero attached hydrogens (tertiary/aromatic N) is 4. The van der Waals surface area contributed by atoms with E-state index in [1.807, 2.05) is 43.3 Å². The molecular formula is C25H33FN8O2. The minimum Gasteiger partial charge on any atom is -0.442 e. The molecule has 0 aliphatic carbocycles. The first-order chi connectivity index (χ1) is 17.5. The second-order valence-electron chi connectivity index (χ2n) is 8.18. The van der Waals surface area contributed by atoms with Gasteiger partial charge in [-0.05, 0) is 29.7 Å². The molecule has 1 aliphatic rings. The van der Waals surface area contributed by atoms with E-state index in [9.17, 15) is 9.18 Å². The Morgan fingerprint density at radius 3 is 2.81 bits per heavy atom. The zero-order valence-corrected chi connectivity index (χ0v) is 20.3. The van der Waals surface area contributed by atoms with Crippen LogP contribution in [0.5, 0.6) is 0 Å². The molecule has 0 spiro atoms. The van der Waals surface area contributed by atoms with Crippen molar-refractivity contribution in [3.63, 3.8) is 0 Å². The van der Waals surface area contributed by atoms with Crippen LogP contribution in [-0.4, -0.2) is 51.2 Å². The van der Waals surface area contributed by atoms with Crippen LogP contribution in [0.2, 0.25) is 0 Å². The summed E-state index contributed by atoms with van der Waals surface area (Å²) in [7, 11) is 0. The van der Waals surface area contributed by atoms with Gasteiger partial charge in [-0.15, -0.1) is 5.10 Å². The number of carbonyl (C=O) groups excluding carboxylic acids is 1. The molecule has 1 fully saturated rings. The van der Waals surface area contributed by atoms with Crippen molar-refractivity contribution in [2.45, 2.75) is 38.6 Å². The summed E-state index contributed by atoms with van der Waals surface area (Å²) in [6.45, 7) is 3.89. The molecule has 0 radical (unpaired) electrons. The number of benzene rings is 1. The van der Waals surface area contributed by atoms with Crippen LogP contribution in [0, 0.1) is 0 Å². The Hall–Kier alpha value is -3.96. The van der Waals surface area contributed by atoms with Crippen LogP contribution in [0.15, 0.2) is 78.7 Å². The van der Waals surface area contributed by atoms with Crippen molar-refractivity contribution in [1.29, 1.82) is 0 Å². The van der Waals surface area contributed by atoms with Gasteiger partial charge < -0.3 is 21.2 Å². The lowest BCUT2D eigenvalue weighted by Gasteiger charge is -2.19. The molecular weight excluding hydrogens is 463 g/mol. The topological polar surface area (TPSA) is 136 Å². The number of nitrogens with one attached hydrogen (secondary N) is 2. The van der Waals surface area contributed by atoms with Crippen LogP contribution < -0.4 is 22.3 Å². The number of allylic oxidation sites excluding steroid dienone is 3. The highest BCUT2D eigenvalue weighted by Gasteiger charge is 2.34. The first-order valence-corrected chi connectivity index (χ1v) is 11.7. The second kappa shape index (κ2) is 13.8. The van der Waals surface area contributed by atoms with E-state index in [2.05, 4.69) is 21.1 Å². The van der Waals surface area contributed by atoms with Gasteiger partial charge in [0.25, 0.3) is 0 Å². The number of carbonyl (C=O) groups is 1. The van der Waals surface area contributed by atoms with E-state index in [0.29, 0.717) is 31.9 Å². The van der Waals surface area contributed by atoms with Crippen molar-refractivity contribution < 1.29 is 13.9 Å². The summed E-state index contributed by atoms with van der Waals surface area (Å²) < 4.78 is 21.8. The zero-order valence-electron chi connectivity index (χ0n) is 20.3. The summed E-state index contributed by atoms with van der Waals surface area (Å²) in [5.74, 6) is 4.93. The molecule has 1 aromatic carbocycles. The van der Waals surface area contributed by atoms with E-state index in [-0.39, 0.29) is 6.10 Å². The molecule has 3 rings (SSSR count). The SMILES string of the molecule is CC/C=C\C(C=C/C(F)=C/c1ccc(CNC/C(=C/N)NN)cc1)N1CC(Cn2ccnn2)OC1=O. The van der Waals surface area contributed by atoms with Gasteiger partial charge in [0, 0.05) is 25.5 Å². The van der Waals surface area contributed by atoms with E-state index in [0.717, 1.165) is 17.5 Å². The number of amides is 1. The molecule has 192 valence electrons. The minimum absolute atomic E-state index is 0.358. The predicted octanol–water partition coefficient (Wildman–Crippen LogP) is 2.35. The van der Waals surface area contributed by atoms with Gasteiger partial charge in [-0.2, -0.15) is 0 Å². The van der Waals surface area contributed by atoms with E-state index < -0.39 is 18.0 Å². The van der Waals surface area contributed by atoms with Gasteiger partial charge in [-0.3, -0.25) is 10.7 Å². The third-order valence-corrected chi connectivity index (χ3v) is 5.46. The smallest absolute Gasteiger partial charge is 0.411 e. The first-order valence-electron chi connectivity index (χ1n) is 11.7. The fourth-order valence-corrected chi connectivity index (χ4v) is 3.60. The standard InChI is InChI=1S/C25H33FN8O2/c1-2-3-4-23(34-18-24(36-25(34)35)17-33-12-11-30-32-33)10-9-21(26)13-19-5-7-20(8-6-19)15-29-16-22(14-27)31-28/h3-14,23-24,29,31H,2,15-18,27-28H2,1H3/b4-3-,10-9?,21-13-,22-14-. The van der Waals surface area contributed by atoms with Gasteiger partial charge in [-0.25, -0.2) is 13.9 Å². The fourth-order valence-electron chi connectivity index (χ4n) is 3.60. The molecule has 0 saturated carbocycles. The number of nitrogens with two attached hydrogens (primary N) is 2. The van der Waals surface area contributed by atoms with Gasteiger partial charge in [-0.1, -0.05) is 54.6 Å². The van der Waals surface area contributed by atoms with E-state index in [1.54, 1.807) is 28.1 Å². The van der Waals surface area contributed by atoms with E-state index in [4.69, 9.17) is 16.3 Å². The van der Waals surface area contributed by atoms with Crippen LogP contribution in [0.3, 0.4) is 0 Å². The Morgan fingerprint density at radius 2 is 2.14 bits per heavy atom. The van der Waals surface area contributed by atoms with Crippen LogP contribution in [0.25, 0.3) is 6.08 Å². The number of hydrogen-bond donors (Lipinski definition) is 4. The Morgan fingerprint density at radius 1 is 1.33 bits per heavy atom. The molecule has 2 heterocycles. The third-order valence-electron chi connectivity index (χ3n) is 5.46. The minimum atomic E-state index is -0.444. The molecule has 36 heavy (non-hydrogen) atoms. The summed E-state index contributed by atoms with van der Waals surface area (Å²) >= 11 is 0. The Labute approximate surface area is 210 Å². The zero-order chi connectivity index (χ0) is 25.8. The van der Waals surface area contributed by atoms with Gasteiger partial charge in [0.15, 0.2) is 0 Å². The molecule has 1 aromatic heterocycles. The maximum Gasteiger partial charge on any atom is 0.411 e. The van der Waals surface area contributed by atoms with Crippen molar-refractivity contribution in [1.82, 2.24) is 30.6 Å².